The molecular weight excluding hydrogens is 476 g/mol. The molecule has 1 atom stereocenters. The molecule has 1 unspecified atom stereocenters. The van der Waals surface area contributed by atoms with E-state index in [0.29, 0.717) is 17.8 Å². The fraction of sp³-hybridized carbons (Fsp3) is 0.478. The van der Waals surface area contributed by atoms with E-state index in [0.717, 1.165) is 25.7 Å². The largest absolute Gasteiger partial charge is 0.370 e. The van der Waals surface area contributed by atoms with E-state index in [9.17, 15) is 14.0 Å². The molecule has 0 radical (unpaired) electrons. The minimum atomic E-state index is -1.54. The number of ketones is 1. The number of rotatable bonds is 12. The van der Waals surface area contributed by atoms with E-state index in [2.05, 4.69) is 15.0 Å². The molecule has 1 fully saturated rings. The molecule has 188 valence electrons. The SMILES string of the molecule is Nc1nc2c(ncn2CCOCP(OCC(=O)C2CCCCC2)OCc2cccc(F)c2)c(=O)[nH]1. The molecule has 10 nitrogen and oxygen atoms in total. The normalized spacial score (nSPS) is 15.5. The summed E-state index contributed by atoms with van der Waals surface area (Å²) < 4.78 is 32.6. The summed E-state index contributed by atoms with van der Waals surface area (Å²) in [5, 5.41) is 0. The Morgan fingerprint density at radius 2 is 2.09 bits per heavy atom. The first kappa shape index (κ1) is 25.4. The monoisotopic (exact) mass is 505 g/mol. The van der Waals surface area contributed by atoms with Crippen molar-refractivity contribution in [3.05, 3.63) is 52.3 Å². The van der Waals surface area contributed by atoms with Crippen molar-refractivity contribution in [2.24, 2.45) is 5.92 Å². The van der Waals surface area contributed by atoms with Crippen molar-refractivity contribution in [1.29, 1.82) is 0 Å². The predicted molar refractivity (Wildman–Crippen MR) is 129 cm³/mol. The fourth-order valence-electron chi connectivity index (χ4n) is 4.00. The fourth-order valence-corrected chi connectivity index (χ4v) is 5.07. The van der Waals surface area contributed by atoms with E-state index in [-0.39, 0.29) is 55.2 Å². The van der Waals surface area contributed by atoms with Crippen LogP contribution in [0.25, 0.3) is 11.2 Å². The number of H-pyrrole nitrogens is 1. The van der Waals surface area contributed by atoms with Crippen molar-refractivity contribution in [3.8, 4) is 0 Å². The molecule has 3 N–H and O–H groups in total. The Balaban J connectivity index is 1.31. The highest BCUT2D eigenvalue weighted by atomic mass is 31.2. The third-order valence-corrected chi connectivity index (χ3v) is 7.07. The van der Waals surface area contributed by atoms with Crippen LogP contribution >= 0.6 is 8.38 Å². The van der Waals surface area contributed by atoms with Gasteiger partial charge in [-0.3, -0.25) is 14.6 Å². The number of Topliss-reactive ketones (excluding diaryl/α,β-unsaturated/α-hetero) is 1. The van der Waals surface area contributed by atoms with Crippen LogP contribution in [-0.2, 0) is 31.7 Å². The number of nitrogens with zero attached hydrogens (tertiary/aromatic N) is 3. The summed E-state index contributed by atoms with van der Waals surface area (Å²) in [6.45, 7) is 0.756. The quantitative estimate of drug-likeness (QED) is 0.282. The maximum Gasteiger partial charge on any atom is 0.280 e. The second-order valence-corrected chi connectivity index (χ2v) is 9.85. The van der Waals surface area contributed by atoms with Crippen LogP contribution in [-0.4, -0.2) is 44.9 Å². The van der Waals surface area contributed by atoms with Crippen LogP contribution in [0.1, 0.15) is 37.7 Å². The molecule has 4 rings (SSSR count). The number of nitrogen functional groups attached to an aromatic ring is 1. The number of hydrogen-bond acceptors (Lipinski definition) is 8. The van der Waals surface area contributed by atoms with Crippen molar-refractivity contribution in [1.82, 2.24) is 19.5 Å². The first-order valence-corrected chi connectivity index (χ1v) is 12.9. The number of nitrogens with two attached hydrogens (primary N) is 1. The molecule has 0 spiro atoms. The zero-order valence-electron chi connectivity index (χ0n) is 19.3. The molecule has 1 saturated carbocycles. The van der Waals surface area contributed by atoms with E-state index in [1.165, 1.54) is 24.9 Å². The number of carbonyl (C=O) groups excluding carboxylic acids is 1. The lowest BCUT2D eigenvalue weighted by molar-refractivity contribution is -0.125. The van der Waals surface area contributed by atoms with Gasteiger partial charge in [-0.2, -0.15) is 4.98 Å². The number of aromatic amines is 1. The Morgan fingerprint density at radius 3 is 2.89 bits per heavy atom. The van der Waals surface area contributed by atoms with Gasteiger partial charge in [0.2, 0.25) is 5.95 Å². The van der Waals surface area contributed by atoms with Crippen LogP contribution in [0, 0.1) is 11.7 Å². The second-order valence-electron chi connectivity index (χ2n) is 8.41. The van der Waals surface area contributed by atoms with E-state index >= 15 is 0 Å². The molecule has 0 bridgehead atoms. The summed E-state index contributed by atoms with van der Waals surface area (Å²) >= 11 is 0. The Hall–Kier alpha value is -2.72. The molecule has 0 amide bonds. The maximum absolute atomic E-state index is 13.5. The minimum Gasteiger partial charge on any atom is -0.370 e. The Bertz CT molecular complexity index is 1200. The van der Waals surface area contributed by atoms with Crippen molar-refractivity contribution in [3.63, 3.8) is 0 Å². The molecule has 1 aromatic carbocycles. The van der Waals surface area contributed by atoms with Crippen LogP contribution in [0.3, 0.4) is 0 Å². The number of hydrogen-bond donors (Lipinski definition) is 2. The predicted octanol–water partition coefficient (Wildman–Crippen LogP) is 3.51. The van der Waals surface area contributed by atoms with Gasteiger partial charge in [0.25, 0.3) is 5.56 Å². The molecular formula is C23H29FN5O5P. The average Bonchev–Trinajstić information content (AvgIpc) is 3.26. The average molecular weight is 505 g/mol. The van der Waals surface area contributed by atoms with Crippen molar-refractivity contribution >= 4 is 31.3 Å². The van der Waals surface area contributed by atoms with Crippen molar-refractivity contribution in [2.75, 3.05) is 25.3 Å². The number of anilines is 1. The van der Waals surface area contributed by atoms with Crippen molar-refractivity contribution in [2.45, 2.75) is 45.3 Å². The number of benzene rings is 1. The van der Waals surface area contributed by atoms with Crippen LogP contribution in [0.15, 0.2) is 35.4 Å². The Kier molecular flexibility index (Phi) is 8.92. The lowest BCUT2D eigenvalue weighted by Crippen LogP contribution is -2.22. The smallest absolute Gasteiger partial charge is 0.280 e. The highest BCUT2D eigenvalue weighted by Crippen LogP contribution is 2.40. The third kappa shape index (κ3) is 7.14. The summed E-state index contributed by atoms with van der Waals surface area (Å²) in [4.78, 5) is 35.1. The number of carbonyl (C=O) groups is 1. The molecule has 1 aliphatic rings. The Morgan fingerprint density at radius 1 is 1.26 bits per heavy atom. The highest BCUT2D eigenvalue weighted by molar-refractivity contribution is 7.47. The van der Waals surface area contributed by atoms with E-state index in [4.69, 9.17) is 19.5 Å². The van der Waals surface area contributed by atoms with E-state index in [1.54, 1.807) is 16.7 Å². The number of halogens is 1. The summed E-state index contributed by atoms with van der Waals surface area (Å²) in [5.41, 5.74) is 6.46. The zero-order chi connectivity index (χ0) is 24.6. The molecule has 35 heavy (non-hydrogen) atoms. The van der Waals surface area contributed by atoms with Gasteiger partial charge in [-0.1, -0.05) is 31.4 Å². The molecule has 2 aromatic heterocycles. The first-order chi connectivity index (χ1) is 17.0. The minimum absolute atomic E-state index is 0.00970. The van der Waals surface area contributed by atoms with Crippen LogP contribution in [0.4, 0.5) is 10.3 Å². The van der Waals surface area contributed by atoms with Crippen LogP contribution in [0.5, 0.6) is 0 Å². The second kappa shape index (κ2) is 12.3. The third-order valence-electron chi connectivity index (χ3n) is 5.84. The number of aromatic nitrogens is 4. The topological polar surface area (TPSA) is 134 Å². The summed E-state index contributed by atoms with van der Waals surface area (Å²) in [6.07, 6.45) is 6.75. The van der Waals surface area contributed by atoms with Gasteiger partial charge in [0.1, 0.15) is 18.8 Å². The molecule has 0 saturated heterocycles. The number of ether oxygens (including phenoxy) is 1. The van der Waals surface area contributed by atoms with E-state index in [1.807, 2.05) is 0 Å². The van der Waals surface area contributed by atoms with Crippen LogP contribution < -0.4 is 11.3 Å². The van der Waals surface area contributed by atoms with Gasteiger partial charge >= 0.3 is 0 Å². The number of imidazole rings is 1. The highest BCUT2D eigenvalue weighted by Gasteiger charge is 2.23. The molecule has 1 aliphatic carbocycles. The lowest BCUT2D eigenvalue weighted by atomic mass is 9.86. The Labute approximate surface area is 202 Å². The van der Waals surface area contributed by atoms with Gasteiger partial charge in [-0.15, -0.1) is 0 Å². The summed E-state index contributed by atoms with van der Waals surface area (Å²) in [6, 6.07) is 6.13. The number of fused-ring (bicyclic) bond motifs is 1. The zero-order valence-corrected chi connectivity index (χ0v) is 20.2. The van der Waals surface area contributed by atoms with Gasteiger partial charge in [-0.05, 0) is 30.5 Å². The molecule has 0 aliphatic heterocycles. The molecule has 2 heterocycles. The molecule has 3 aromatic rings. The van der Waals surface area contributed by atoms with Gasteiger partial charge in [0.15, 0.2) is 25.3 Å². The van der Waals surface area contributed by atoms with Gasteiger partial charge in [0.05, 0.1) is 19.5 Å². The van der Waals surface area contributed by atoms with Gasteiger partial charge in [0, 0.05) is 12.5 Å². The number of nitrogens with one attached hydrogen (secondary N) is 1. The summed E-state index contributed by atoms with van der Waals surface area (Å²) in [5.74, 6) is -0.205. The van der Waals surface area contributed by atoms with Gasteiger partial charge in [-0.25, -0.2) is 9.37 Å². The standard InChI is InChI=1S/C23H29FN5O5P/c24-18-8-4-5-16(11-18)12-33-35(34-13-19(30)17-6-2-1-3-7-17)15-32-10-9-29-14-26-20-21(29)27-23(25)28-22(20)31/h4-5,8,11,14,17H,1-3,6-7,9-10,12-13,15H2,(H3,25,27,28,31). The van der Waals surface area contributed by atoms with Gasteiger partial charge < -0.3 is 24.1 Å². The van der Waals surface area contributed by atoms with Crippen molar-refractivity contribution < 1.29 is 23.0 Å². The van der Waals surface area contributed by atoms with E-state index < -0.39 is 13.9 Å². The molecule has 12 heteroatoms. The first-order valence-electron chi connectivity index (χ1n) is 11.6. The lowest BCUT2D eigenvalue weighted by Gasteiger charge is -2.22. The van der Waals surface area contributed by atoms with Crippen LogP contribution in [0.2, 0.25) is 0 Å². The summed E-state index contributed by atoms with van der Waals surface area (Å²) in [7, 11) is -1.54. The maximum atomic E-state index is 13.5.